The van der Waals surface area contributed by atoms with Gasteiger partial charge in [-0.2, -0.15) is 0 Å². The molecule has 5 heteroatoms. The molecular weight excluding hydrogens is 339 g/mol. The molecule has 0 aliphatic carbocycles. The minimum atomic E-state index is 0. The normalized spacial score (nSPS) is 21.7. The second kappa shape index (κ2) is 8.96. The van der Waals surface area contributed by atoms with Gasteiger partial charge in [0.1, 0.15) is 0 Å². The number of hydrogen-bond donors (Lipinski definition) is 2. The Morgan fingerprint density at radius 1 is 1.39 bits per heavy atom. The summed E-state index contributed by atoms with van der Waals surface area (Å²) in [6.07, 6.45) is 5.12. The van der Waals surface area contributed by atoms with E-state index in [4.69, 9.17) is 0 Å². The van der Waals surface area contributed by atoms with E-state index < -0.39 is 0 Å². The minimum Gasteiger partial charge on any atom is -0.356 e. The Kier molecular flexibility index (Phi) is 7.97. The maximum atomic E-state index is 4.44. The Labute approximate surface area is 128 Å². The molecule has 2 heterocycles. The van der Waals surface area contributed by atoms with E-state index in [1.165, 1.54) is 45.3 Å². The quantitative estimate of drug-likeness (QED) is 0.744. The summed E-state index contributed by atoms with van der Waals surface area (Å²) in [6.45, 7) is 9.23. The van der Waals surface area contributed by atoms with Gasteiger partial charge in [-0.25, -0.2) is 0 Å². The Morgan fingerprint density at radius 2 is 2.17 bits per heavy atom. The molecule has 0 spiro atoms. The molecule has 0 aromatic rings. The van der Waals surface area contributed by atoms with Gasteiger partial charge >= 0.3 is 0 Å². The van der Waals surface area contributed by atoms with Crippen LogP contribution in [0.1, 0.15) is 32.6 Å². The standard InChI is InChI=1S/C13H26N4.HI/c1-2-8-17-9-4-12(5-10-17)11-16-13-14-6-3-7-15-13;/h12H,2-11H2,1H3,(H2,14,15,16);1H. The summed E-state index contributed by atoms with van der Waals surface area (Å²) in [5, 5.41) is 6.77. The molecule has 0 saturated carbocycles. The minimum absolute atomic E-state index is 0. The van der Waals surface area contributed by atoms with Crippen molar-refractivity contribution in [3.05, 3.63) is 0 Å². The van der Waals surface area contributed by atoms with Crippen molar-refractivity contribution >= 4 is 29.9 Å². The average molecular weight is 366 g/mol. The Morgan fingerprint density at radius 3 is 2.78 bits per heavy atom. The highest BCUT2D eigenvalue weighted by atomic mass is 127. The van der Waals surface area contributed by atoms with Crippen molar-refractivity contribution in [2.45, 2.75) is 32.6 Å². The molecule has 2 N–H and O–H groups in total. The monoisotopic (exact) mass is 366 g/mol. The van der Waals surface area contributed by atoms with E-state index in [1.807, 2.05) is 0 Å². The van der Waals surface area contributed by atoms with Crippen LogP contribution in [0.25, 0.3) is 0 Å². The fourth-order valence-electron chi connectivity index (χ4n) is 2.62. The Bertz CT molecular complexity index is 249. The molecule has 0 unspecified atom stereocenters. The van der Waals surface area contributed by atoms with Crippen molar-refractivity contribution in [3.63, 3.8) is 0 Å². The molecule has 1 saturated heterocycles. The summed E-state index contributed by atoms with van der Waals surface area (Å²) in [6, 6.07) is 0. The first-order valence-corrected chi connectivity index (χ1v) is 7.13. The molecular formula is C13H27IN4. The SMILES string of the molecule is CCCN1CCC(CNC2=NCCCN2)CC1.I. The Hall–Kier alpha value is -0.0400. The van der Waals surface area contributed by atoms with Crippen LogP contribution in [0.3, 0.4) is 0 Å². The predicted molar refractivity (Wildman–Crippen MR) is 87.8 cm³/mol. The molecule has 2 rings (SSSR count). The van der Waals surface area contributed by atoms with Crippen molar-refractivity contribution in [2.75, 3.05) is 39.3 Å². The van der Waals surface area contributed by atoms with Crippen LogP contribution in [0.4, 0.5) is 0 Å². The summed E-state index contributed by atoms with van der Waals surface area (Å²) >= 11 is 0. The second-order valence-electron chi connectivity index (χ2n) is 5.18. The number of rotatable bonds is 4. The van der Waals surface area contributed by atoms with Crippen LogP contribution in [0.5, 0.6) is 0 Å². The van der Waals surface area contributed by atoms with Gasteiger partial charge in [-0.15, -0.1) is 24.0 Å². The number of hydrogen-bond acceptors (Lipinski definition) is 4. The molecule has 0 atom stereocenters. The van der Waals surface area contributed by atoms with E-state index in [-0.39, 0.29) is 24.0 Å². The molecule has 1 fully saturated rings. The summed E-state index contributed by atoms with van der Waals surface area (Å²) in [5.41, 5.74) is 0. The molecule has 4 nitrogen and oxygen atoms in total. The lowest BCUT2D eigenvalue weighted by atomic mass is 9.97. The topological polar surface area (TPSA) is 39.7 Å². The first-order chi connectivity index (χ1) is 8.38. The number of guanidine groups is 1. The van der Waals surface area contributed by atoms with Crippen LogP contribution in [0.15, 0.2) is 4.99 Å². The van der Waals surface area contributed by atoms with Crippen LogP contribution in [0, 0.1) is 5.92 Å². The third kappa shape index (κ3) is 5.30. The van der Waals surface area contributed by atoms with Gasteiger partial charge < -0.3 is 15.5 Å². The number of nitrogens with one attached hydrogen (secondary N) is 2. The van der Waals surface area contributed by atoms with Crippen LogP contribution < -0.4 is 10.6 Å². The molecule has 2 aliphatic heterocycles. The third-order valence-electron chi connectivity index (χ3n) is 3.70. The Balaban J connectivity index is 0.00000162. The average Bonchev–Trinajstić information content (AvgIpc) is 2.40. The molecule has 18 heavy (non-hydrogen) atoms. The highest BCUT2D eigenvalue weighted by Crippen LogP contribution is 2.16. The number of likely N-dealkylation sites (tertiary alicyclic amines) is 1. The van der Waals surface area contributed by atoms with E-state index in [9.17, 15) is 0 Å². The predicted octanol–water partition coefficient (Wildman–Crippen LogP) is 1.67. The van der Waals surface area contributed by atoms with Gasteiger partial charge in [0.2, 0.25) is 0 Å². The van der Waals surface area contributed by atoms with Crippen molar-refractivity contribution in [1.82, 2.24) is 15.5 Å². The van der Waals surface area contributed by atoms with Gasteiger partial charge in [-0.3, -0.25) is 4.99 Å². The van der Waals surface area contributed by atoms with E-state index >= 15 is 0 Å². The lowest BCUT2D eigenvalue weighted by Gasteiger charge is -2.32. The largest absolute Gasteiger partial charge is 0.356 e. The zero-order valence-electron chi connectivity index (χ0n) is 11.5. The van der Waals surface area contributed by atoms with Gasteiger partial charge in [-0.05, 0) is 51.2 Å². The molecule has 2 aliphatic rings. The highest BCUT2D eigenvalue weighted by molar-refractivity contribution is 14.0. The lowest BCUT2D eigenvalue weighted by Crippen LogP contribution is -2.44. The van der Waals surface area contributed by atoms with Crippen LogP contribution >= 0.6 is 24.0 Å². The summed E-state index contributed by atoms with van der Waals surface area (Å²) < 4.78 is 0. The van der Waals surface area contributed by atoms with Crippen molar-refractivity contribution < 1.29 is 0 Å². The van der Waals surface area contributed by atoms with Gasteiger partial charge in [0.05, 0.1) is 0 Å². The number of piperidine rings is 1. The van der Waals surface area contributed by atoms with Crippen molar-refractivity contribution in [2.24, 2.45) is 10.9 Å². The van der Waals surface area contributed by atoms with E-state index in [0.29, 0.717) is 0 Å². The van der Waals surface area contributed by atoms with E-state index in [1.54, 1.807) is 0 Å². The third-order valence-corrected chi connectivity index (χ3v) is 3.70. The van der Waals surface area contributed by atoms with Crippen molar-refractivity contribution in [3.8, 4) is 0 Å². The maximum Gasteiger partial charge on any atom is 0.191 e. The van der Waals surface area contributed by atoms with Gasteiger partial charge in [-0.1, -0.05) is 6.92 Å². The maximum absolute atomic E-state index is 4.44. The molecule has 0 aromatic heterocycles. The zero-order valence-corrected chi connectivity index (χ0v) is 13.8. The summed E-state index contributed by atoms with van der Waals surface area (Å²) in [7, 11) is 0. The van der Waals surface area contributed by atoms with Gasteiger partial charge in [0, 0.05) is 19.6 Å². The lowest BCUT2D eigenvalue weighted by molar-refractivity contribution is 0.185. The molecule has 0 radical (unpaired) electrons. The van der Waals surface area contributed by atoms with E-state index in [2.05, 4.69) is 27.4 Å². The molecule has 106 valence electrons. The van der Waals surface area contributed by atoms with Crippen LogP contribution in [-0.2, 0) is 0 Å². The first kappa shape index (κ1) is 16.0. The first-order valence-electron chi connectivity index (χ1n) is 7.13. The van der Waals surface area contributed by atoms with Crippen LogP contribution in [0.2, 0.25) is 0 Å². The molecule has 0 amide bonds. The highest BCUT2D eigenvalue weighted by Gasteiger charge is 2.18. The zero-order chi connectivity index (χ0) is 11.9. The van der Waals surface area contributed by atoms with Crippen molar-refractivity contribution in [1.29, 1.82) is 0 Å². The fourth-order valence-corrected chi connectivity index (χ4v) is 2.62. The van der Waals surface area contributed by atoms with Crippen LogP contribution in [-0.4, -0.2) is 50.1 Å². The molecule has 0 bridgehead atoms. The smallest absolute Gasteiger partial charge is 0.191 e. The summed E-state index contributed by atoms with van der Waals surface area (Å²) in [4.78, 5) is 7.03. The number of halogens is 1. The number of nitrogens with zero attached hydrogens (tertiary/aromatic N) is 2. The second-order valence-corrected chi connectivity index (χ2v) is 5.18. The van der Waals surface area contributed by atoms with Gasteiger partial charge in [0.15, 0.2) is 5.96 Å². The summed E-state index contributed by atoms with van der Waals surface area (Å²) in [5.74, 6) is 1.85. The number of aliphatic imine (C=N–C) groups is 1. The van der Waals surface area contributed by atoms with Gasteiger partial charge in [0.25, 0.3) is 0 Å². The fraction of sp³-hybridized carbons (Fsp3) is 0.923. The van der Waals surface area contributed by atoms with E-state index in [0.717, 1.165) is 31.5 Å². The molecule has 0 aromatic carbocycles.